The minimum absolute atomic E-state index is 0.625. The highest BCUT2D eigenvalue weighted by Crippen LogP contribution is 2.42. The summed E-state index contributed by atoms with van der Waals surface area (Å²) in [6.45, 7) is 0. The fourth-order valence-electron chi connectivity index (χ4n) is 12.3. The smallest absolute Gasteiger partial charge is 0.164 e. The molecular formula is C75H48N6. The van der Waals surface area contributed by atoms with Crippen LogP contribution in [0.25, 0.3) is 150 Å². The molecule has 0 fully saturated rings. The maximum atomic E-state index is 5.03. The predicted molar refractivity (Wildman–Crippen MR) is 335 cm³/mol. The standard InChI is InChI=1S/C75H48N6/c1-4-19-50(20-5-1)73-76-74(51-21-6-2-7-22-51)78-75(77-73)52-37-35-49(36-38-52)53-39-42-70(81-68-33-16-10-27-59(68)60-28-11-17-34-69(60)81)63(46-53)56-23-18-26-58(45-56)80-67-32-15-13-30-62(67)65-48-55(41-44-72(65)80)54-40-43-71-64(47-54)61-29-12-14-31-66(61)79(71)57-24-8-3-9-25-57/h1-48H. The van der Waals surface area contributed by atoms with Crippen LogP contribution < -0.4 is 0 Å². The van der Waals surface area contributed by atoms with Gasteiger partial charge in [-0.05, 0) is 113 Å². The van der Waals surface area contributed by atoms with Crippen LogP contribution in [0.5, 0.6) is 0 Å². The van der Waals surface area contributed by atoms with Crippen molar-refractivity contribution in [2.45, 2.75) is 0 Å². The molecule has 4 aromatic heterocycles. The van der Waals surface area contributed by atoms with E-state index >= 15 is 0 Å². The number of fused-ring (bicyclic) bond motifs is 9. The van der Waals surface area contributed by atoms with Crippen molar-refractivity contribution in [1.82, 2.24) is 28.7 Å². The summed E-state index contributed by atoms with van der Waals surface area (Å²) in [4.78, 5) is 15.0. The lowest BCUT2D eigenvalue weighted by Crippen LogP contribution is -2.00. The van der Waals surface area contributed by atoms with E-state index in [9.17, 15) is 0 Å². The van der Waals surface area contributed by atoms with Crippen molar-refractivity contribution < 1.29 is 0 Å². The van der Waals surface area contributed by atoms with Crippen LogP contribution in [0.4, 0.5) is 0 Å². The van der Waals surface area contributed by atoms with Crippen molar-refractivity contribution in [2.75, 3.05) is 0 Å². The van der Waals surface area contributed by atoms with Gasteiger partial charge in [-0.15, -0.1) is 0 Å². The number of rotatable bonds is 9. The molecule has 0 N–H and O–H groups in total. The minimum atomic E-state index is 0.625. The summed E-state index contributed by atoms with van der Waals surface area (Å²) >= 11 is 0. The summed E-state index contributed by atoms with van der Waals surface area (Å²) in [6.07, 6.45) is 0. The molecule has 12 aromatic carbocycles. The van der Waals surface area contributed by atoms with Gasteiger partial charge in [-0.2, -0.15) is 0 Å². The summed E-state index contributed by atoms with van der Waals surface area (Å²) < 4.78 is 7.25. The van der Waals surface area contributed by atoms with E-state index in [2.05, 4.69) is 244 Å². The second kappa shape index (κ2) is 18.9. The van der Waals surface area contributed by atoms with Crippen LogP contribution in [-0.4, -0.2) is 28.7 Å². The highest BCUT2D eigenvalue weighted by molar-refractivity contribution is 6.13. The second-order valence-electron chi connectivity index (χ2n) is 20.8. The van der Waals surface area contributed by atoms with Crippen molar-refractivity contribution in [3.63, 3.8) is 0 Å². The lowest BCUT2D eigenvalue weighted by Gasteiger charge is -2.17. The van der Waals surface area contributed by atoms with E-state index in [1.54, 1.807) is 0 Å². The molecule has 0 amide bonds. The number of benzene rings is 12. The van der Waals surface area contributed by atoms with Crippen LogP contribution in [0.2, 0.25) is 0 Å². The first-order valence-corrected chi connectivity index (χ1v) is 27.5. The zero-order valence-corrected chi connectivity index (χ0v) is 43.9. The Kier molecular flexibility index (Phi) is 10.8. The second-order valence-corrected chi connectivity index (χ2v) is 20.8. The third-order valence-electron chi connectivity index (χ3n) is 16.1. The third-order valence-corrected chi connectivity index (χ3v) is 16.1. The van der Waals surface area contributed by atoms with Crippen molar-refractivity contribution in [1.29, 1.82) is 0 Å². The van der Waals surface area contributed by atoms with Crippen LogP contribution in [0, 0.1) is 0 Å². The van der Waals surface area contributed by atoms with E-state index in [1.807, 2.05) is 60.7 Å². The first-order chi connectivity index (χ1) is 40.2. The van der Waals surface area contributed by atoms with Crippen molar-refractivity contribution in [3.05, 3.63) is 291 Å². The Bertz CT molecular complexity index is 4980. The molecule has 6 heteroatoms. The minimum Gasteiger partial charge on any atom is -0.309 e. The van der Waals surface area contributed by atoms with Gasteiger partial charge in [0.15, 0.2) is 17.5 Å². The summed E-state index contributed by atoms with van der Waals surface area (Å²) in [5.41, 5.74) is 20.0. The van der Waals surface area contributed by atoms with Crippen LogP contribution >= 0.6 is 0 Å². The Labute approximate surface area is 467 Å². The van der Waals surface area contributed by atoms with Gasteiger partial charge in [-0.3, -0.25) is 0 Å². The molecule has 16 aromatic rings. The topological polar surface area (TPSA) is 53.5 Å². The first kappa shape index (κ1) is 46.2. The molecule has 81 heavy (non-hydrogen) atoms. The zero-order valence-electron chi connectivity index (χ0n) is 43.9. The largest absolute Gasteiger partial charge is 0.309 e. The van der Waals surface area contributed by atoms with E-state index in [1.165, 1.54) is 54.5 Å². The van der Waals surface area contributed by atoms with E-state index < -0.39 is 0 Å². The van der Waals surface area contributed by atoms with Gasteiger partial charge >= 0.3 is 0 Å². The number of hydrogen-bond donors (Lipinski definition) is 0. The van der Waals surface area contributed by atoms with Gasteiger partial charge in [0, 0.05) is 65.9 Å². The van der Waals surface area contributed by atoms with Gasteiger partial charge in [-0.25, -0.2) is 15.0 Å². The molecule has 0 aliphatic heterocycles. The SMILES string of the molecule is c1ccc(-c2nc(-c3ccccc3)nc(-c3ccc(-c4ccc(-n5c6ccccc6c6ccccc65)c(-c5cccc(-n6c7ccccc7c7cc(-c8ccc9c(c8)c8ccccc8n9-c8ccccc8)ccc76)c5)c4)cc3)n2)cc1. The quantitative estimate of drug-likeness (QED) is 0.145. The van der Waals surface area contributed by atoms with Gasteiger partial charge < -0.3 is 13.7 Å². The molecule has 0 spiro atoms. The Morgan fingerprint density at radius 3 is 1.06 bits per heavy atom. The molecular weight excluding hydrogens is 985 g/mol. The molecule has 0 saturated carbocycles. The van der Waals surface area contributed by atoms with Crippen molar-refractivity contribution >= 4 is 65.4 Å². The van der Waals surface area contributed by atoms with E-state index in [-0.39, 0.29) is 0 Å². The van der Waals surface area contributed by atoms with E-state index in [0.29, 0.717) is 17.5 Å². The maximum Gasteiger partial charge on any atom is 0.164 e. The summed E-state index contributed by atoms with van der Waals surface area (Å²) in [5.74, 6) is 1.90. The Hall–Kier alpha value is -11.0. The molecule has 378 valence electrons. The van der Waals surface area contributed by atoms with Gasteiger partial charge in [0.05, 0.1) is 38.8 Å². The predicted octanol–water partition coefficient (Wildman–Crippen LogP) is 19.2. The highest BCUT2D eigenvalue weighted by Gasteiger charge is 2.21. The monoisotopic (exact) mass is 1030 g/mol. The first-order valence-electron chi connectivity index (χ1n) is 27.5. The average molecular weight is 1030 g/mol. The van der Waals surface area contributed by atoms with Crippen LogP contribution in [0.1, 0.15) is 0 Å². The lowest BCUT2D eigenvalue weighted by molar-refractivity contribution is 1.07. The molecule has 16 rings (SSSR count). The molecule has 0 saturated heterocycles. The molecule has 0 unspecified atom stereocenters. The highest BCUT2D eigenvalue weighted by atomic mass is 15.0. The Balaban J connectivity index is 0.827. The van der Waals surface area contributed by atoms with Crippen molar-refractivity contribution in [3.8, 4) is 84.6 Å². The molecule has 4 heterocycles. The molecule has 0 aliphatic carbocycles. The van der Waals surface area contributed by atoms with E-state index in [0.717, 1.165) is 78.1 Å². The Morgan fingerprint density at radius 1 is 0.198 bits per heavy atom. The summed E-state index contributed by atoms with van der Waals surface area (Å²) in [5, 5.41) is 7.35. The fraction of sp³-hybridized carbons (Fsp3) is 0. The third kappa shape index (κ3) is 7.76. The fourth-order valence-corrected chi connectivity index (χ4v) is 12.3. The van der Waals surface area contributed by atoms with E-state index in [4.69, 9.17) is 15.0 Å². The van der Waals surface area contributed by atoms with Crippen molar-refractivity contribution in [2.24, 2.45) is 0 Å². The number of hydrogen-bond acceptors (Lipinski definition) is 3. The van der Waals surface area contributed by atoms with Gasteiger partial charge in [0.25, 0.3) is 0 Å². The number of nitrogens with zero attached hydrogens (tertiary/aromatic N) is 6. The lowest BCUT2D eigenvalue weighted by atomic mass is 9.96. The molecule has 0 aliphatic rings. The molecule has 0 bridgehead atoms. The Morgan fingerprint density at radius 2 is 0.543 bits per heavy atom. The number of para-hydroxylation sites is 5. The van der Waals surface area contributed by atoms with Crippen LogP contribution in [0.3, 0.4) is 0 Å². The van der Waals surface area contributed by atoms with Crippen LogP contribution in [0.15, 0.2) is 291 Å². The maximum absolute atomic E-state index is 5.03. The molecule has 0 atom stereocenters. The number of aromatic nitrogens is 6. The average Bonchev–Trinajstić information content (AvgIpc) is 4.36. The molecule has 6 nitrogen and oxygen atoms in total. The van der Waals surface area contributed by atoms with Gasteiger partial charge in [0.1, 0.15) is 0 Å². The van der Waals surface area contributed by atoms with Gasteiger partial charge in [0.2, 0.25) is 0 Å². The zero-order chi connectivity index (χ0) is 53.4. The summed E-state index contributed by atoms with van der Waals surface area (Å²) in [6, 6.07) is 105. The van der Waals surface area contributed by atoms with Crippen LogP contribution in [-0.2, 0) is 0 Å². The normalized spacial score (nSPS) is 11.7. The summed E-state index contributed by atoms with van der Waals surface area (Å²) in [7, 11) is 0. The molecule has 0 radical (unpaired) electrons. The van der Waals surface area contributed by atoms with Gasteiger partial charge in [-0.1, -0.05) is 206 Å².